The topological polar surface area (TPSA) is 61.6 Å². The highest BCUT2D eigenvalue weighted by Crippen LogP contribution is 2.12. The fourth-order valence-corrected chi connectivity index (χ4v) is 2.16. The summed E-state index contributed by atoms with van der Waals surface area (Å²) in [5.74, 6) is 5.40. The van der Waals surface area contributed by atoms with Gasteiger partial charge in [0.1, 0.15) is 0 Å². The summed E-state index contributed by atoms with van der Waals surface area (Å²) in [6.45, 7) is 6.75. The first-order valence-electron chi connectivity index (χ1n) is 6.33. The van der Waals surface area contributed by atoms with Crippen LogP contribution in [0.1, 0.15) is 17.3 Å². The van der Waals surface area contributed by atoms with Crippen molar-refractivity contribution in [3.63, 3.8) is 0 Å². The molecule has 1 saturated heterocycles. The van der Waals surface area contributed by atoms with Crippen molar-refractivity contribution in [2.24, 2.45) is 5.84 Å². The quantitative estimate of drug-likeness (QED) is 0.612. The standard InChI is InChI=1S/C13H20N4O/c1-2-16-7-9-17(10-8-16)13(18)11-3-5-12(15-14)6-4-11/h3-6,15H,2,7-10,14H2,1H3. The van der Waals surface area contributed by atoms with Crippen LogP contribution in [0.4, 0.5) is 5.69 Å². The number of nitrogens with zero attached hydrogens (tertiary/aromatic N) is 2. The van der Waals surface area contributed by atoms with E-state index >= 15 is 0 Å². The summed E-state index contributed by atoms with van der Waals surface area (Å²) in [4.78, 5) is 16.5. The number of likely N-dealkylation sites (N-methyl/N-ethyl adjacent to an activating group) is 1. The fraction of sp³-hybridized carbons (Fsp3) is 0.462. The SMILES string of the molecule is CCN1CCN(C(=O)c2ccc(NN)cc2)CC1. The van der Waals surface area contributed by atoms with Crippen molar-refractivity contribution < 1.29 is 4.79 Å². The zero-order valence-corrected chi connectivity index (χ0v) is 10.7. The molecule has 0 spiro atoms. The summed E-state index contributed by atoms with van der Waals surface area (Å²) in [6.07, 6.45) is 0. The molecule has 0 unspecified atom stereocenters. The Hall–Kier alpha value is -1.59. The van der Waals surface area contributed by atoms with Crippen LogP contribution in [-0.2, 0) is 0 Å². The van der Waals surface area contributed by atoms with Crippen molar-refractivity contribution in [1.29, 1.82) is 0 Å². The van der Waals surface area contributed by atoms with Gasteiger partial charge in [-0.3, -0.25) is 10.6 Å². The summed E-state index contributed by atoms with van der Waals surface area (Å²) in [5, 5.41) is 0. The fourth-order valence-electron chi connectivity index (χ4n) is 2.16. The summed E-state index contributed by atoms with van der Waals surface area (Å²) < 4.78 is 0. The van der Waals surface area contributed by atoms with Crippen LogP contribution in [0.5, 0.6) is 0 Å². The number of nitrogen functional groups attached to an aromatic ring is 1. The van der Waals surface area contributed by atoms with E-state index in [2.05, 4.69) is 17.2 Å². The minimum absolute atomic E-state index is 0.106. The monoisotopic (exact) mass is 248 g/mol. The Morgan fingerprint density at radius 3 is 2.33 bits per heavy atom. The van der Waals surface area contributed by atoms with Gasteiger partial charge in [0.2, 0.25) is 0 Å². The predicted molar refractivity (Wildman–Crippen MR) is 72.3 cm³/mol. The zero-order valence-electron chi connectivity index (χ0n) is 10.7. The Morgan fingerprint density at radius 1 is 1.22 bits per heavy atom. The van der Waals surface area contributed by atoms with Gasteiger partial charge in [0, 0.05) is 37.4 Å². The minimum Gasteiger partial charge on any atom is -0.336 e. The van der Waals surface area contributed by atoms with E-state index in [0.29, 0.717) is 0 Å². The molecule has 0 bridgehead atoms. The average Bonchev–Trinajstić information content (AvgIpc) is 2.47. The normalized spacial score (nSPS) is 16.7. The van der Waals surface area contributed by atoms with Gasteiger partial charge in [0.15, 0.2) is 0 Å². The molecule has 2 rings (SSSR count). The van der Waals surface area contributed by atoms with Crippen LogP contribution in [0, 0.1) is 0 Å². The van der Waals surface area contributed by atoms with Crippen molar-refractivity contribution in [1.82, 2.24) is 9.80 Å². The van der Waals surface area contributed by atoms with Crippen molar-refractivity contribution >= 4 is 11.6 Å². The third-order valence-electron chi connectivity index (χ3n) is 3.41. The highest BCUT2D eigenvalue weighted by molar-refractivity contribution is 5.94. The third kappa shape index (κ3) is 2.80. The number of hydrogen-bond donors (Lipinski definition) is 2. The number of piperazine rings is 1. The van der Waals surface area contributed by atoms with Gasteiger partial charge in [0.25, 0.3) is 5.91 Å². The molecule has 1 aromatic carbocycles. The molecule has 98 valence electrons. The number of nitrogens with two attached hydrogens (primary N) is 1. The first kappa shape index (κ1) is 12.9. The summed E-state index contributed by atoms with van der Waals surface area (Å²) in [5.41, 5.74) is 4.08. The first-order valence-corrected chi connectivity index (χ1v) is 6.33. The van der Waals surface area contributed by atoms with E-state index in [4.69, 9.17) is 5.84 Å². The van der Waals surface area contributed by atoms with Gasteiger partial charge in [-0.25, -0.2) is 0 Å². The molecule has 3 N–H and O–H groups in total. The molecule has 0 aliphatic carbocycles. The van der Waals surface area contributed by atoms with Gasteiger partial charge < -0.3 is 15.2 Å². The molecule has 1 aliphatic rings. The Labute approximate surface area is 108 Å². The molecule has 0 atom stereocenters. The Kier molecular flexibility index (Phi) is 4.17. The van der Waals surface area contributed by atoms with Crippen LogP contribution in [0.15, 0.2) is 24.3 Å². The van der Waals surface area contributed by atoms with Crippen LogP contribution >= 0.6 is 0 Å². The van der Waals surface area contributed by atoms with Gasteiger partial charge in [-0.15, -0.1) is 0 Å². The van der Waals surface area contributed by atoms with Crippen molar-refractivity contribution in [2.75, 3.05) is 38.1 Å². The molecule has 0 radical (unpaired) electrons. The summed E-state index contributed by atoms with van der Waals surface area (Å²) in [7, 11) is 0. The number of rotatable bonds is 3. The number of nitrogens with one attached hydrogen (secondary N) is 1. The van der Waals surface area contributed by atoms with Crippen LogP contribution in [0.25, 0.3) is 0 Å². The van der Waals surface area contributed by atoms with E-state index in [1.807, 2.05) is 29.2 Å². The van der Waals surface area contributed by atoms with Crippen molar-refractivity contribution in [3.05, 3.63) is 29.8 Å². The maximum absolute atomic E-state index is 12.3. The second-order valence-electron chi connectivity index (χ2n) is 4.45. The third-order valence-corrected chi connectivity index (χ3v) is 3.41. The number of benzene rings is 1. The van der Waals surface area contributed by atoms with E-state index in [-0.39, 0.29) is 5.91 Å². The van der Waals surface area contributed by atoms with E-state index in [1.54, 1.807) is 0 Å². The molecule has 5 heteroatoms. The van der Waals surface area contributed by atoms with Crippen LogP contribution < -0.4 is 11.3 Å². The molecule has 1 heterocycles. The lowest BCUT2D eigenvalue weighted by atomic mass is 10.1. The molecular formula is C13H20N4O. The van der Waals surface area contributed by atoms with Crippen molar-refractivity contribution in [3.8, 4) is 0 Å². The molecule has 1 aromatic rings. The molecule has 1 amide bonds. The second-order valence-corrected chi connectivity index (χ2v) is 4.45. The number of anilines is 1. The predicted octanol–water partition coefficient (Wildman–Crippen LogP) is 0.750. The van der Waals surface area contributed by atoms with Crippen LogP contribution in [0.2, 0.25) is 0 Å². The average molecular weight is 248 g/mol. The zero-order chi connectivity index (χ0) is 13.0. The highest BCUT2D eigenvalue weighted by atomic mass is 16.2. The lowest BCUT2D eigenvalue weighted by molar-refractivity contribution is 0.0643. The molecule has 1 aliphatic heterocycles. The summed E-state index contributed by atoms with van der Waals surface area (Å²) in [6, 6.07) is 7.25. The Balaban J connectivity index is 1.98. The van der Waals surface area contributed by atoms with Crippen LogP contribution in [0.3, 0.4) is 0 Å². The Morgan fingerprint density at radius 2 is 1.83 bits per heavy atom. The molecule has 0 aromatic heterocycles. The summed E-state index contributed by atoms with van der Waals surface area (Å²) >= 11 is 0. The van der Waals surface area contributed by atoms with Gasteiger partial charge in [-0.05, 0) is 30.8 Å². The maximum Gasteiger partial charge on any atom is 0.253 e. The van der Waals surface area contributed by atoms with E-state index in [1.165, 1.54) is 0 Å². The Bertz CT molecular complexity index is 396. The number of hydrogen-bond acceptors (Lipinski definition) is 4. The van der Waals surface area contributed by atoms with Crippen LogP contribution in [-0.4, -0.2) is 48.4 Å². The van der Waals surface area contributed by atoms with Gasteiger partial charge in [-0.1, -0.05) is 6.92 Å². The maximum atomic E-state index is 12.3. The number of hydrazine groups is 1. The molecule has 5 nitrogen and oxygen atoms in total. The molecular weight excluding hydrogens is 228 g/mol. The van der Waals surface area contributed by atoms with E-state index in [0.717, 1.165) is 44.0 Å². The largest absolute Gasteiger partial charge is 0.336 e. The van der Waals surface area contributed by atoms with Gasteiger partial charge in [0.05, 0.1) is 0 Å². The minimum atomic E-state index is 0.106. The molecule has 0 saturated carbocycles. The number of carbonyl (C=O) groups excluding carboxylic acids is 1. The van der Waals surface area contributed by atoms with E-state index < -0.39 is 0 Å². The number of carbonyl (C=O) groups is 1. The van der Waals surface area contributed by atoms with Crippen molar-refractivity contribution in [2.45, 2.75) is 6.92 Å². The van der Waals surface area contributed by atoms with Gasteiger partial charge >= 0.3 is 0 Å². The molecule has 18 heavy (non-hydrogen) atoms. The first-order chi connectivity index (χ1) is 8.74. The van der Waals surface area contributed by atoms with Gasteiger partial charge in [-0.2, -0.15) is 0 Å². The molecule has 1 fully saturated rings. The second kappa shape index (κ2) is 5.84. The smallest absolute Gasteiger partial charge is 0.253 e. The number of amides is 1. The highest BCUT2D eigenvalue weighted by Gasteiger charge is 2.20. The van der Waals surface area contributed by atoms with E-state index in [9.17, 15) is 4.79 Å². The lowest BCUT2D eigenvalue weighted by Gasteiger charge is -2.34. The lowest BCUT2D eigenvalue weighted by Crippen LogP contribution is -2.48.